The van der Waals surface area contributed by atoms with E-state index in [0.29, 0.717) is 6.42 Å². The highest BCUT2D eigenvalue weighted by Crippen LogP contribution is 2.22. The molecule has 0 aliphatic heterocycles. The van der Waals surface area contributed by atoms with E-state index in [1.165, 1.54) is 7.11 Å². The lowest BCUT2D eigenvalue weighted by Gasteiger charge is -2.18. The van der Waals surface area contributed by atoms with Crippen LogP contribution in [0.2, 0.25) is 0 Å². The maximum Gasteiger partial charge on any atom is 0.347 e. The van der Waals surface area contributed by atoms with Gasteiger partial charge in [-0.25, -0.2) is 4.79 Å². The molecule has 1 aromatic rings. The van der Waals surface area contributed by atoms with Crippen molar-refractivity contribution in [3.8, 4) is 5.75 Å². The number of aryl methyl sites for hydroxylation is 2. The molecule has 0 N–H and O–H groups in total. The van der Waals surface area contributed by atoms with E-state index >= 15 is 0 Å². The summed E-state index contributed by atoms with van der Waals surface area (Å²) in [7, 11) is 1.40. The number of rotatable bonds is 6. The number of esters is 1. The molecular formula is C15H22O3. The minimum atomic E-state index is -0.504. The molecule has 0 spiro atoms. The standard InChI is InChI=1S/C15H22O3/c1-5-6-7-13(15(16)17-4)18-14-10-11(2)8-9-12(14)3/h8-10,13H,5-7H2,1-4H3. The minimum absolute atomic E-state index is 0.302. The van der Waals surface area contributed by atoms with E-state index in [-0.39, 0.29) is 5.97 Å². The van der Waals surface area contributed by atoms with Gasteiger partial charge in [0.25, 0.3) is 0 Å². The number of benzene rings is 1. The lowest BCUT2D eigenvalue weighted by atomic mass is 10.1. The Morgan fingerprint density at radius 1 is 1.33 bits per heavy atom. The van der Waals surface area contributed by atoms with Crippen molar-refractivity contribution in [3.63, 3.8) is 0 Å². The van der Waals surface area contributed by atoms with Gasteiger partial charge in [0.15, 0.2) is 6.10 Å². The summed E-state index contributed by atoms with van der Waals surface area (Å²) in [6, 6.07) is 5.98. The number of hydrogen-bond donors (Lipinski definition) is 0. The molecule has 100 valence electrons. The predicted octanol–water partition coefficient (Wildman–Crippen LogP) is 3.41. The molecule has 18 heavy (non-hydrogen) atoms. The van der Waals surface area contributed by atoms with Gasteiger partial charge in [-0.15, -0.1) is 0 Å². The van der Waals surface area contributed by atoms with Crippen molar-refractivity contribution in [1.82, 2.24) is 0 Å². The van der Waals surface area contributed by atoms with E-state index in [1.54, 1.807) is 0 Å². The summed E-state index contributed by atoms with van der Waals surface area (Å²) >= 11 is 0. The fraction of sp³-hybridized carbons (Fsp3) is 0.533. The Hall–Kier alpha value is -1.51. The second-order valence-corrected chi connectivity index (χ2v) is 4.54. The first-order valence-electron chi connectivity index (χ1n) is 6.40. The molecule has 0 saturated heterocycles. The van der Waals surface area contributed by atoms with Crippen molar-refractivity contribution in [2.45, 2.75) is 46.1 Å². The molecule has 0 aliphatic rings. The Morgan fingerprint density at radius 3 is 2.67 bits per heavy atom. The van der Waals surface area contributed by atoms with Crippen LogP contribution in [0.15, 0.2) is 18.2 Å². The monoisotopic (exact) mass is 250 g/mol. The summed E-state index contributed by atoms with van der Waals surface area (Å²) in [5, 5.41) is 0. The Kier molecular flexibility index (Phi) is 5.69. The van der Waals surface area contributed by atoms with Crippen LogP contribution in [-0.2, 0) is 9.53 Å². The second kappa shape index (κ2) is 7.04. The normalized spacial score (nSPS) is 12.0. The molecule has 3 heteroatoms. The smallest absolute Gasteiger partial charge is 0.347 e. The quantitative estimate of drug-likeness (QED) is 0.726. The van der Waals surface area contributed by atoms with Gasteiger partial charge in [0, 0.05) is 0 Å². The molecule has 0 amide bonds. The third-order valence-corrected chi connectivity index (χ3v) is 2.90. The van der Waals surface area contributed by atoms with E-state index in [9.17, 15) is 4.79 Å². The van der Waals surface area contributed by atoms with Gasteiger partial charge in [-0.3, -0.25) is 0 Å². The highest BCUT2D eigenvalue weighted by molar-refractivity contribution is 5.75. The number of ether oxygens (including phenoxy) is 2. The van der Waals surface area contributed by atoms with Crippen LogP contribution >= 0.6 is 0 Å². The molecule has 0 aromatic heterocycles. The van der Waals surface area contributed by atoms with Crippen LogP contribution in [0.4, 0.5) is 0 Å². The lowest BCUT2D eigenvalue weighted by molar-refractivity contribution is -0.149. The average molecular weight is 250 g/mol. The average Bonchev–Trinajstić information content (AvgIpc) is 2.37. The molecule has 1 unspecified atom stereocenters. The fourth-order valence-corrected chi connectivity index (χ4v) is 1.73. The zero-order valence-electron chi connectivity index (χ0n) is 11.7. The molecule has 3 nitrogen and oxygen atoms in total. The zero-order chi connectivity index (χ0) is 13.5. The van der Waals surface area contributed by atoms with Crippen molar-refractivity contribution in [2.24, 2.45) is 0 Å². The molecule has 0 saturated carbocycles. The molecular weight excluding hydrogens is 228 g/mol. The fourth-order valence-electron chi connectivity index (χ4n) is 1.73. The Balaban J connectivity index is 2.81. The number of unbranched alkanes of at least 4 members (excludes halogenated alkanes) is 1. The number of carbonyl (C=O) groups excluding carboxylic acids is 1. The molecule has 0 heterocycles. The SMILES string of the molecule is CCCCC(Oc1cc(C)ccc1C)C(=O)OC. The van der Waals surface area contributed by atoms with Crippen LogP contribution < -0.4 is 4.74 Å². The largest absolute Gasteiger partial charge is 0.478 e. The summed E-state index contributed by atoms with van der Waals surface area (Å²) in [6.45, 7) is 6.07. The molecule has 1 aromatic carbocycles. The Morgan fingerprint density at radius 2 is 2.06 bits per heavy atom. The molecule has 0 bridgehead atoms. The Bertz CT molecular complexity index is 399. The van der Waals surface area contributed by atoms with Crippen molar-refractivity contribution < 1.29 is 14.3 Å². The van der Waals surface area contributed by atoms with Gasteiger partial charge < -0.3 is 9.47 Å². The van der Waals surface area contributed by atoms with Gasteiger partial charge in [0.2, 0.25) is 0 Å². The second-order valence-electron chi connectivity index (χ2n) is 4.54. The van der Waals surface area contributed by atoms with Crippen LogP contribution in [-0.4, -0.2) is 19.2 Å². The topological polar surface area (TPSA) is 35.5 Å². The summed E-state index contributed by atoms with van der Waals surface area (Å²) in [4.78, 5) is 11.7. The van der Waals surface area contributed by atoms with Gasteiger partial charge in [-0.1, -0.05) is 25.5 Å². The summed E-state index contributed by atoms with van der Waals surface area (Å²) in [5.74, 6) is 0.464. The number of methoxy groups -OCH3 is 1. The minimum Gasteiger partial charge on any atom is -0.478 e. The summed E-state index contributed by atoms with van der Waals surface area (Å²) < 4.78 is 10.6. The maximum absolute atomic E-state index is 11.7. The number of hydrogen-bond acceptors (Lipinski definition) is 3. The predicted molar refractivity (Wildman–Crippen MR) is 71.9 cm³/mol. The van der Waals surface area contributed by atoms with Gasteiger partial charge >= 0.3 is 5.97 Å². The van der Waals surface area contributed by atoms with Crippen LogP contribution in [0, 0.1) is 13.8 Å². The van der Waals surface area contributed by atoms with E-state index in [4.69, 9.17) is 9.47 Å². The first-order chi connectivity index (χ1) is 8.58. The first kappa shape index (κ1) is 14.6. The first-order valence-corrected chi connectivity index (χ1v) is 6.40. The highest BCUT2D eigenvalue weighted by Gasteiger charge is 2.21. The summed E-state index contributed by atoms with van der Waals surface area (Å²) in [6.07, 6.45) is 2.17. The van der Waals surface area contributed by atoms with Crippen molar-refractivity contribution in [3.05, 3.63) is 29.3 Å². The van der Waals surface area contributed by atoms with E-state index in [1.807, 2.05) is 32.0 Å². The van der Waals surface area contributed by atoms with Gasteiger partial charge in [0.1, 0.15) is 5.75 Å². The molecule has 1 rings (SSSR count). The van der Waals surface area contributed by atoms with Crippen LogP contribution in [0.5, 0.6) is 5.75 Å². The van der Waals surface area contributed by atoms with E-state index in [0.717, 1.165) is 29.7 Å². The van der Waals surface area contributed by atoms with E-state index < -0.39 is 6.10 Å². The van der Waals surface area contributed by atoms with E-state index in [2.05, 4.69) is 6.92 Å². The van der Waals surface area contributed by atoms with Crippen molar-refractivity contribution in [1.29, 1.82) is 0 Å². The van der Waals surface area contributed by atoms with Crippen molar-refractivity contribution >= 4 is 5.97 Å². The van der Waals surface area contributed by atoms with Gasteiger partial charge in [-0.2, -0.15) is 0 Å². The van der Waals surface area contributed by atoms with Crippen LogP contribution in [0.1, 0.15) is 37.3 Å². The molecule has 0 fully saturated rings. The zero-order valence-corrected chi connectivity index (χ0v) is 11.7. The third kappa shape index (κ3) is 4.06. The molecule has 0 radical (unpaired) electrons. The Labute approximate surface area is 109 Å². The number of carbonyl (C=O) groups is 1. The summed E-state index contributed by atoms with van der Waals surface area (Å²) in [5.41, 5.74) is 2.15. The van der Waals surface area contributed by atoms with Crippen molar-refractivity contribution in [2.75, 3.05) is 7.11 Å². The van der Waals surface area contributed by atoms with Crippen LogP contribution in [0.25, 0.3) is 0 Å². The maximum atomic E-state index is 11.7. The molecule has 1 atom stereocenters. The highest BCUT2D eigenvalue weighted by atomic mass is 16.6. The van der Waals surface area contributed by atoms with Gasteiger partial charge in [-0.05, 0) is 43.9 Å². The van der Waals surface area contributed by atoms with Gasteiger partial charge in [0.05, 0.1) is 7.11 Å². The lowest BCUT2D eigenvalue weighted by Crippen LogP contribution is -2.28. The third-order valence-electron chi connectivity index (χ3n) is 2.90. The van der Waals surface area contributed by atoms with Crippen LogP contribution in [0.3, 0.4) is 0 Å². The molecule has 0 aliphatic carbocycles.